The van der Waals surface area contributed by atoms with Gasteiger partial charge in [0.25, 0.3) is 5.91 Å². The van der Waals surface area contributed by atoms with Crippen LogP contribution in [0.2, 0.25) is 0 Å². The minimum atomic E-state index is -1.77. The van der Waals surface area contributed by atoms with Gasteiger partial charge in [0.05, 0.1) is 25.9 Å². The molecule has 19 heteroatoms. The first-order valence-electron chi connectivity index (χ1n) is 13.9. The summed E-state index contributed by atoms with van der Waals surface area (Å²) < 4.78 is 41.7. The zero-order valence-corrected chi connectivity index (χ0v) is 23.7. The summed E-state index contributed by atoms with van der Waals surface area (Å²) in [6.07, 6.45) is -5.58. The van der Waals surface area contributed by atoms with E-state index < -0.39 is 62.4 Å². The number of alkyl halides is 2. The summed E-state index contributed by atoms with van der Waals surface area (Å²) in [4.78, 5) is 36.4. The molecule has 0 bridgehead atoms. The van der Waals surface area contributed by atoms with Crippen LogP contribution in [-0.2, 0) is 9.47 Å². The fourth-order valence-corrected chi connectivity index (χ4v) is 5.11. The third-order valence-electron chi connectivity index (χ3n) is 7.51. The zero-order valence-electron chi connectivity index (χ0n) is 23.7. The van der Waals surface area contributed by atoms with Crippen molar-refractivity contribution in [1.82, 2.24) is 39.0 Å². The van der Waals surface area contributed by atoms with Gasteiger partial charge in [-0.3, -0.25) is 13.9 Å². The molecule has 0 radical (unpaired) electrons. The molecule has 0 saturated carbocycles. The number of carbonyl (C=O) groups excluding carboxylic acids is 1. The molecule has 8 atom stereocenters. The Bertz CT molecular complexity index is 1830. The lowest BCUT2D eigenvalue weighted by Gasteiger charge is -2.15. The lowest BCUT2D eigenvalue weighted by atomic mass is 10.1. The second-order valence-corrected chi connectivity index (χ2v) is 10.3. The summed E-state index contributed by atoms with van der Waals surface area (Å²) in [7, 11) is 0. The molecule has 4 aromatic heterocycles. The van der Waals surface area contributed by atoms with Crippen molar-refractivity contribution in [1.29, 1.82) is 0 Å². The second-order valence-electron chi connectivity index (χ2n) is 10.3. The fourth-order valence-electron chi connectivity index (χ4n) is 5.11. The number of benzene rings is 1. The highest BCUT2D eigenvalue weighted by Crippen LogP contribution is 2.35. The maximum Gasteiger partial charge on any atom is 0.256 e. The van der Waals surface area contributed by atoms with E-state index in [0.717, 1.165) is 0 Å². The SMILES string of the molecule is Nc1ncnc2c1ncn2[C@@H]1O[C@H](CO)C(O)[C@@H]1F.O=C(Nc1ncnc2c1ncn2[C@@H]1O[C@H](CO)C(O)[C@@H]1F)c1ccccc1. The molecule has 7 N–H and O–H groups in total. The number of aliphatic hydroxyl groups excluding tert-OH is 4. The van der Waals surface area contributed by atoms with Gasteiger partial charge in [-0.2, -0.15) is 0 Å². The molecule has 5 aromatic rings. The van der Waals surface area contributed by atoms with Crippen molar-refractivity contribution in [2.24, 2.45) is 0 Å². The number of nitrogens with zero attached hydrogens (tertiary/aromatic N) is 8. The largest absolute Gasteiger partial charge is 0.394 e. The van der Waals surface area contributed by atoms with E-state index in [2.05, 4.69) is 35.2 Å². The van der Waals surface area contributed by atoms with Gasteiger partial charge in [0, 0.05) is 5.56 Å². The molecule has 2 unspecified atom stereocenters. The monoisotopic (exact) mass is 642 g/mol. The van der Waals surface area contributed by atoms with Gasteiger partial charge in [-0.05, 0) is 12.1 Å². The van der Waals surface area contributed by atoms with Gasteiger partial charge in [0.2, 0.25) is 0 Å². The third-order valence-corrected chi connectivity index (χ3v) is 7.51. The predicted octanol–water partition coefficient (Wildman–Crippen LogP) is -0.335. The van der Waals surface area contributed by atoms with E-state index in [9.17, 15) is 28.9 Å². The predicted molar refractivity (Wildman–Crippen MR) is 153 cm³/mol. The average Bonchev–Trinajstić information content (AvgIpc) is 3.83. The van der Waals surface area contributed by atoms with Crippen LogP contribution < -0.4 is 11.1 Å². The molecule has 242 valence electrons. The molecule has 2 aliphatic heterocycles. The van der Waals surface area contributed by atoms with Crippen molar-refractivity contribution in [3.8, 4) is 0 Å². The Kier molecular flexibility index (Phi) is 8.75. The number of amides is 1. The smallest absolute Gasteiger partial charge is 0.256 e. The molecule has 17 nitrogen and oxygen atoms in total. The summed E-state index contributed by atoms with van der Waals surface area (Å²) in [5.74, 6) is -0.0296. The van der Waals surface area contributed by atoms with Crippen LogP contribution in [0.1, 0.15) is 22.8 Å². The Hall–Kier alpha value is -4.79. The van der Waals surface area contributed by atoms with Crippen LogP contribution in [0.3, 0.4) is 0 Å². The van der Waals surface area contributed by atoms with Crippen LogP contribution in [0.15, 0.2) is 55.6 Å². The zero-order chi connectivity index (χ0) is 32.5. The van der Waals surface area contributed by atoms with E-state index in [-0.39, 0.29) is 28.7 Å². The maximum atomic E-state index is 14.4. The van der Waals surface area contributed by atoms with Gasteiger partial charge in [-0.1, -0.05) is 18.2 Å². The number of nitrogen functional groups attached to an aromatic ring is 1. The lowest BCUT2D eigenvalue weighted by Crippen LogP contribution is -2.30. The average molecular weight is 643 g/mol. The van der Waals surface area contributed by atoms with Crippen LogP contribution >= 0.6 is 0 Å². The van der Waals surface area contributed by atoms with Gasteiger partial charge in [0.15, 0.2) is 53.2 Å². The molecule has 2 aliphatic rings. The third kappa shape index (κ3) is 5.59. The Labute approximate surface area is 257 Å². The first-order valence-corrected chi connectivity index (χ1v) is 13.9. The number of halogens is 2. The number of nitrogens with one attached hydrogen (secondary N) is 1. The Morgan fingerprint density at radius 3 is 1.87 bits per heavy atom. The van der Waals surface area contributed by atoms with E-state index in [1.54, 1.807) is 30.3 Å². The molecule has 1 aromatic carbocycles. The number of fused-ring (bicyclic) bond motifs is 2. The molecule has 6 heterocycles. The Balaban J connectivity index is 0.000000172. The molecule has 0 aliphatic carbocycles. The standard InChI is InChI=1S/C17H16FN5O4.C10H12FN5O3/c18-11-13(25)10(6-24)27-17(11)23-8-21-12-14(19-7-20-15(12)23)22-16(26)9-4-2-1-3-5-9;11-5-7(18)4(1-17)19-10(5)16-3-15-6-8(12)13-2-14-9(6)16/h1-5,7-8,10-11,13,17,24-25H,6H2,(H,19,20,22,26);2-5,7,10,17-18H,1H2,(H2,12,13,14)/t10-,11+,13?,17-;4-,5+,7?,10-/m11/s1. The number of nitrogens with two attached hydrogens (primary N) is 1. The highest BCUT2D eigenvalue weighted by atomic mass is 19.1. The molecule has 2 saturated heterocycles. The Morgan fingerprint density at radius 2 is 1.33 bits per heavy atom. The molecule has 2 fully saturated rings. The van der Waals surface area contributed by atoms with E-state index >= 15 is 0 Å². The van der Waals surface area contributed by atoms with Gasteiger partial charge in [-0.15, -0.1) is 0 Å². The van der Waals surface area contributed by atoms with E-state index in [1.807, 2.05) is 0 Å². The van der Waals surface area contributed by atoms with Gasteiger partial charge >= 0.3 is 0 Å². The lowest BCUT2D eigenvalue weighted by molar-refractivity contribution is -0.0459. The second kappa shape index (κ2) is 12.9. The van der Waals surface area contributed by atoms with E-state index in [0.29, 0.717) is 16.7 Å². The minimum Gasteiger partial charge on any atom is -0.394 e. The number of carbonyl (C=O) groups is 1. The molecule has 7 rings (SSSR count). The van der Waals surface area contributed by atoms with Crippen LogP contribution in [0.25, 0.3) is 22.3 Å². The maximum absolute atomic E-state index is 14.4. The molecule has 0 spiro atoms. The van der Waals surface area contributed by atoms with Crippen molar-refractivity contribution in [2.75, 3.05) is 24.3 Å². The number of hydrogen-bond acceptors (Lipinski definition) is 14. The number of aromatic nitrogens is 8. The van der Waals surface area contributed by atoms with Gasteiger partial charge in [0.1, 0.15) is 42.6 Å². The highest BCUT2D eigenvalue weighted by Gasteiger charge is 2.46. The summed E-state index contributed by atoms with van der Waals surface area (Å²) in [5.41, 5.74) is 7.20. The molecular formula is C27H28F2N10O7. The van der Waals surface area contributed by atoms with Crippen molar-refractivity contribution >= 4 is 39.9 Å². The summed E-state index contributed by atoms with van der Waals surface area (Å²) >= 11 is 0. The van der Waals surface area contributed by atoms with E-state index in [1.165, 1.54) is 34.4 Å². The number of anilines is 2. The van der Waals surface area contributed by atoms with Crippen molar-refractivity contribution in [3.05, 3.63) is 61.2 Å². The molecular weight excluding hydrogens is 614 g/mol. The molecule has 46 heavy (non-hydrogen) atoms. The van der Waals surface area contributed by atoms with Gasteiger partial charge < -0.3 is 41.0 Å². The topological polar surface area (TPSA) is 242 Å². The number of imidazole rings is 2. The number of aliphatic hydroxyl groups is 4. The summed E-state index contributed by atoms with van der Waals surface area (Å²) in [6, 6.07) is 8.58. The first kappa shape index (κ1) is 31.2. The van der Waals surface area contributed by atoms with Crippen molar-refractivity contribution in [3.63, 3.8) is 0 Å². The summed E-state index contributed by atoms with van der Waals surface area (Å²) in [5, 5.41) is 40.3. The van der Waals surface area contributed by atoms with Crippen LogP contribution in [0, 0.1) is 0 Å². The fraction of sp³-hybridized carbons (Fsp3) is 0.370. The van der Waals surface area contributed by atoms with Crippen LogP contribution in [0.4, 0.5) is 20.4 Å². The van der Waals surface area contributed by atoms with E-state index in [4.69, 9.17) is 20.3 Å². The van der Waals surface area contributed by atoms with Crippen LogP contribution in [-0.4, -0.2) is 115 Å². The Morgan fingerprint density at radius 1 is 0.804 bits per heavy atom. The van der Waals surface area contributed by atoms with Crippen LogP contribution in [0.5, 0.6) is 0 Å². The summed E-state index contributed by atoms with van der Waals surface area (Å²) in [6.45, 7) is -0.986. The van der Waals surface area contributed by atoms with Crippen molar-refractivity contribution in [2.45, 2.75) is 49.2 Å². The quantitative estimate of drug-likeness (QED) is 0.139. The number of hydrogen-bond donors (Lipinski definition) is 6. The molecule has 1 amide bonds. The normalized spacial score (nSPS) is 27.5. The number of ether oxygens (including phenoxy) is 2. The minimum absolute atomic E-state index is 0.167. The van der Waals surface area contributed by atoms with Crippen molar-refractivity contribution < 1.29 is 43.5 Å². The van der Waals surface area contributed by atoms with Gasteiger partial charge in [-0.25, -0.2) is 38.7 Å². The first-order chi connectivity index (χ1) is 22.2. The highest BCUT2D eigenvalue weighted by molar-refractivity contribution is 6.06. The number of rotatable bonds is 6.